The first-order chi connectivity index (χ1) is 10.9. The second-order valence-electron chi connectivity index (χ2n) is 5.98. The fourth-order valence-corrected chi connectivity index (χ4v) is 3.21. The highest BCUT2D eigenvalue weighted by atomic mass is 35.5. The average molecular weight is 358 g/mol. The molecule has 5 nitrogen and oxygen atoms in total. The molecule has 0 aliphatic heterocycles. The Hall–Kier alpha value is -1.30. The number of benzene rings is 1. The number of nitrogens with one attached hydrogen (secondary N) is 2. The van der Waals surface area contributed by atoms with Crippen LogP contribution in [0.3, 0.4) is 0 Å². The SMILES string of the molecule is CC(NC(=O)c1cccc(Cl)c1Cl)C(=O)NC1(CN)CCCC1. The predicted molar refractivity (Wildman–Crippen MR) is 91.8 cm³/mol. The van der Waals surface area contributed by atoms with Crippen LogP contribution < -0.4 is 16.4 Å². The van der Waals surface area contributed by atoms with Crippen LogP contribution in [0.1, 0.15) is 43.0 Å². The molecule has 7 heteroatoms. The van der Waals surface area contributed by atoms with Crippen LogP contribution in [0.15, 0.2) is 18.2 Å². The Morgan fingerprint density at radius 2 is 1.96 bits per heavy atom. The third-order valence-corrected chi connectivity index (χ3v) is 5.10. The summed E-state index contributed by atoms with van der Waals surface area (Å²) >= 11 is 11.9. The van der Waals surface area contributed by atoms with Crippen LogP contribution in [0.25, 0.3) is 0 Å². The lowest BCUT2D eigenvalue weighted by Gasteiger charge is -2.30. The summed E-state index contributed by atoms with van der Waals surface area (Å²) in [7, 11) is 0. The Labute approximate surface area is 145 Å². The van der Waals surface area contributed by atoms with Crippen LogP contribution in [-0.4, -0.2) is 29.9 Å². The van der Waals surface area contributed by atoms with E-state index in [4.69, 9.17) is 28.9 Å². The van der Waals surface area contributed by atoms with E-state index in [-0.39, 0.29) is 22.0 Å². The molecule has 23 heavy (non-hydrogen) atoms. The fraction of sp³-hybridized carbons (Fsp3) is 0.500. The topological polar surface area (TPSA) is 84.2 Å². The summed E-state index contributed by atoms with van der Waals surface area (Å²) in [5.74, 6) is -0.683. The summed E-state index contributed by atoms with van der Waals surface area (Å²) in [5, 5.41) is 6.10. The lowest BCUT2D eigenvalue weighted by Crippen LogP contribution is -2.56. The fourth-order valence-electron chi connectivity index (χ4n) is 2.82. The molecule has 1 fully saturated rings. The van der Waals surface area contributed by atoms with Gasteiger partial charge < -0.3 is 16.4 Å². The van der Waals surface area contributed by atoms with Gasteiger partial charge in [0, 0.05) is 6.54 Å². The van der Waals surface area contributed by atoms with E-state index in [2.05, 4.69) is 10.6 Å². The van der Waals surface area contributed by atoms with Gasteiger partial charge in [-0.2, -0.15) is 0 Å². The molecule has 0 radical (unpaired) electrons. The third-order valence-electron chi connectivity index (χ3n) is 4.28. The molecule has 4 N–H and O–H groups in total. The van der Waals surface area contributed by atoms with Gasteiger partial charge in [-0.15, -0.1) is 0 Å². The maximum absolute atomic E-state index is 12.3. The second-order valence-corrected chi connectivity index (χ2v) is 6.76. The van der Waals surface area contributed by atoms with Crippen molar-refractivity contribution >= 4 is 35.0 Å². The van der Waals surface area contributed by atoms with Gasteiger partial charge in [0.25, 0.3) is 5.91 Å². The lowest BCUT2D eigenvalue weighted by atomic mass is 9.97. The van der Waals surface area contributed by atoms with Crippen molar-refractivity contribution in [3.05, 3.63) is 33.8 Å². The second kappa shape index (κ2) is 7.51. The van der Waals surface area contributed by atoms with Crippen LogP contribution >= 0.6 is 23.2 Å². The van der Waals surface area contributed by atoms with E-state index in [9.17, 15) is 9.59 Å². The number of halogens is 2. The van der Waals surface area contributed by atoms with Crippen LogP contribution in [0.5, 0.6) is 0 Å². The van der Waals surface area contributed by atoms with Gasteiger partial charge >= 0.3 is 0 Å². The number of amides is 2. The molecule has 1 atom stereocenters. The number of hydrogen-bond donors (Lipinski definition) is 3. The van der Waals surface area contributed by atoms with Gasteiger partial charge in [0.15, 0.2) is 0 Å². The first kappa shape index (κ1) is 18.0. The molecule has 2 amide bonds. The van der Waals surface area contributed by atoms with Crippen molar-refractivity contribution in [2.24, 2.45) is 5.73 Å². The molecular formula is C16H21Cl2N3O2. The van der Waals surface area contributed by atoms with Crippen LogP contribution in [0.4, 0.5) is 0 Å². The molecule has 0 aromatic heterocycles. The zero-order chi connectivity index (χ0) is 17.0. The summed E-state index contributed by atoms with van der Waals surface area (Å²) < 4.78 is 0. The largest absolute Gasteiger partial charge is 0.348 e. The Morgan fingerprint density at radius 1 is 1.30 bits per heavy atom. The highest BCUT2D eigenvalue weighted by Crippen LogP contribution is 2.29. The van der Waals surface area contributed by atoms with Gasteiger partial charge in [0.1, 0.15) is 6.04 Å². The standard InChI is InChI=1S/C16H21Cl2N3O2/c1-10(14(22)21-16(9-19)7-2-3-8-16)20-15(23)11-5-4-6-12(17)13(11)18/h4-6,10H,2-3,7-9,19H2,1H3,(H,20,23)(H,21,22). The molecule has 0 saturated heterocycles. The maximum Gasteiger partial charge on any atom is 0.253 e. The van der Waals surface area contributed by atoms with E-state index in [0.717, 1.165) is 25.7 Å². The minimum atomic E-state index is -0.693. The Balaban J connectivity index is 2.00. The first-order valence-electron chi connectivity index (χ1n) is 7.65. The highest BCUT2D eigenvalue weighted by Gasteiger charge is 2.35. The molecule has 126 valence electrons. The molecule has 2 rings (SSSR count). The monoisotopic (exact) mass is 357 g/mol. The van der Waals surface area contributed by atoms with Gasteiger partial charge in [-0.3, -0.25) is 9.59 Å². The molecule has 1 aliphatic carbocycles. The number of carbonyl (C=O) groups is 2. The minimum Gasteiger partial charge on any atom is -0.348 e. The van der Waals surface area contributed by atoms with E-state index >= 15 is 0 Å². The molecule has 1 aromatic carbocycles. The van der Waals surface area contributed by atoms with Crippen LogP contribution in [0.2, 0.25) is 10.0 Å². The molecule has 1 aromatic rings. The molecule has 1 unspecified atom stereocenters. The molecule has 0 bridgehead atoms. The quantitative estimate of drug-likeness (QED) is 0.756. The number of carbonyl (C=O) groups excluding carboxylic acids is 2. The van der Waals surface area contributed by atoms with Crippen LogP contribution in [0, 0.1) is 0 Å². The summed E-state index contributed by atoms with van der Waals surface area (Å²) in [6.07, 6.45) is 3.85. The van der Waals surface area contributed by atoms with E-state index in [0.29, 0.717) is 11.6 Å². The van der Waals surface area contributed by atoms with Crippen molar-refractivity contribution in [1.82, 2.24) is 10.6 Å². The number of nitrogens with two attached hydrogens (primary N) is 1. The van der Waals surface area contributed by atoms with Crippen molar-refractivity contribution in [1.29, 1.82) is 0 Å². The summed E-state index contributed by atoms with van der Waals surface area (Å²) in [5.41, 5.74) is 5.71. The molecule has 1 saturated carbocycles. The Morgan fingerprint density at radius 3 is 2.57 bits per heavy atom. The van der Waals surface area contributed by atoms with E-state index in [1.165, 1.54) is 0 Å². The lowest BCUT2D eigenvalue weighted by molar-refractivity contribution is -0.124. The smallest absolute Gasteiger partial charge is 0.253 e. The zero-order valence-electron chi connectivity index (χ0n) is 13.0. The normalized spacial score (nSPS) is 17.6. The van der Waals surface area contributed by atoms with Crippen molar-refractivity contribution in [3.63, 3.8) is 0 Å². The molecule has 0 heterocycles. The van der Waals surface area contributed by atoms with Crippen molar-refractivity contribution in [3.8, 4) is 0 Å². The predicted octanol–water partition coefficient (Wildman–Crippen LogP) is 2.50. The van der Waals surface area contributed by atoms with Crippen LogP contribution in [-0.2, 0) is 4.79 Å². The first-order valence-corrected chi connectivity index (χ1v) is 8.41. The summed E-state index contributed by atoms with van der Waals surface area (Å²) in [6.45, 7) is 2.03. The molecular weight excluding hydrogens is 337 g/mol. The van der Waals surface area contributed by atoms with Gasteiger partial charge in [-0.05, 0) is 31.9 Å². The van der Waals surface area contributed by atoms with Gasteiger partial charge in [-0.1, -0.05) is 42.1 Å². The summed E-state index contributed by atoms with van der Waals surface area (Å²) in [6, 6.07) is 4.10. The van der Waals surface area contributed by atoms with Crippen molar-refractivity contribution in [2.45, 2.75) is 44.2 Å². The average Bonchev–Trinajstić information content (AvgIpc) is 2.98. The van der Waals surface area contributed by atoms with Gasteiger partial charge in [-0.25, -0.2) is 0 Å². The Bertz CT molecular complexity index is 601. The molecule has 0 spiro atoms. The molecule has 1 aliphatic rings. The van der Waals surface area contributed by atoms with Crippen molar-refractivity contribution in [2.75, 3.05) is 6.54 Å². The third kappa shape index (κ3) is 4.16. The maximum atomic E-state index is 12.3. The Kier molecular flexibility index (Phi) is 5.89. The number of rotatable bonds is 5. The van der Waals surface area contributed by atoms with Crippen molar-refractivity contribution < 1.29 is 9.59 Å². The number of hydrogen-bond acceptors (Lipinski definition) is 3. The zero-order valence-corrected chi connectivity index (χ0v) is 14.5. The summed E-state index contributed by atoms with van der Waals surface area (Å²) in [4.78, 5) is 24.6. The van der Waals surface area contributed by atoms with Gasteiger partial charge in [0.05, 0.1) is 21.1 Å². The minimum absolute atomic E-state index is 0.175. The van der Waals surface area contributed by atoms with Gasteiger partial charge in [0.2, 0.25) is 5.91 Å². The van der Waals surface area contributed by atoms with E-state index in [1.54, 1.807) is 25.1 Å². The van der Waals surface area contributed by atoms with E-state index in [1.807, 2.05) is 0 Å². The highest BCUT2D eigenvalue weighted by molar-refractivity contribution is 6.43. The van der Waals surface area contributed by atoms with E-state index < -0.39 is 11.9 Å².